The van der Waals surface area contributed by atoms with Gasteiger partial charge in [-0.3, -0.25) is 4.79 Å². The largest absolute Gasteiger partial charge is 0.371 e. The van der Waals surface area contributed by atoms with Crippen LogP contribution in [0.25, 0.3) is 0 Å². The molecule has 66 valence electrons. The molecule has 12 heavy (non-hydrogen) atoms. The van der Waals surface area contributed by atoms with Gasteiger partial charge < -0.3 is 21.4 Å². The fourth-order valence-electron chi connectivity index (χ4n) is 0.862. The molecule has 0 saturated heterocycles. The number of nitrogens with zero attached hydrogens (tertiary/aromatic N) is 1. The van der Waals surface area contributed by atoms with Crippen molar-refractivity contribution in [2.75, 3.05) is 25.1 Å². The predicted octanol–water partition coefficient (Wildman–Crippen LogP) is -0.607. The Morgan fingerprint density at radius 3 is 2.75 bits per heavy atom. The van der Waals surface area contributed by atoms with Gasteiger partial charge in [-0.05, 0) is 0 Å². The monoisotopic (exact) mass is 169 g/mol. The number of hydrogen-bond donors (Lipinski definition) is 4. The van der Waals surface area contributed by atoms with Crippen LogP contribution in [0.4, 0.5) is 11.8 Å². The zero-order chi connectivity index (χ0) is 9.14. The molecule has 6 heteroatoms. The van der Waals surface area contributed by atoms with Crippen LogP contribution >= 0.6 is 0 Å². The number of anilines is 2. The number of aromatic amines is 1. The highest BCUT2D eigenvalue weighted by atomic mass is 16.1. The Bertz CT molecular complexity index is 292. The number of nitrogens with one attached hydrogen (secondary N) is 3. The van der Waals surface area contributed by atoms with E-state index in [2.05, 4.69) is 20.6 Å². The van der Waals surface area contributed by atoms with Gasteiger partial charge in [0.1, 0.15) is 5.69 Å². The molecule has 0 aliphatic heterocycles. The van der Waals surface area contributed by atoms with Crippen LogP contribution in [0.15, 0.2) is 0 Å². The maximum Gasteiger partial charge on any atom is 0.271 e. The number of carbonyl (C=O) groups excluding carboxylic acids is 1. The molecule has 5 N–H and O–H groups in total. The van der Waals surface area contributed by atoms with Gasteiger partial charge in [-0.15, -0.1) is 0 Å². The van der Waals surface area contributed by atoms with E-state index in [-0.39, 0.29) is 11.9 Å². The van der Waals surface area contributed by atoms with Gasteiger partial charge in [0.15, 0.2) is 11.8 Å². The standard InChI is InChI=1S/C6H11N5O/c1-8-4-3(5(12)9-2)10-6(7)11-4/h8H,1-2H3,(H,9,12)(H3,7,10,11). The summed E-state index contributed by atoms with van der Waals surface area (Å²) in [7, 11) is 3.21. The lowest BCUT2D eigenvalue weighted by atomic mass is 10.4. The van der Waals surface area contributed by atoms with Crippen molar-refractivity contribution in [1.29, 1.82) is 0 Å². The number of amides is 1. The fourth-order valence-corrected chi connectivity index (χ4v) is 0.862. The number of H-pyrrole nitrogens is 1. The van der Waals surface area contributed by atoms with Gasteiger partial charge in [0.25, 0.3) is 5.91 Å². The van der Waals surface area contributed by atoms with Gasteiger partial charge in [-0.25, -0.2) is 0 Å². The average molecular weight is 169 g/mol. The van der Waals surface area contributed by atoms with Crippen LogP contribution in [0.5, 0.6) is 0 Å². The molecule has 0 fully saturated rings. The van der Waals surface area contributed by atoms with Gasteiger partial charge in [-0.2, -0.15) is 4.98 Å². The second-order valence-corrected chi connectivity index (χ2v) is 2.17. The highest BCUT2D eigenvalue weighted by molar-refractivity contribution is 5.97. The SMILES string of the molecule is CNC(=O)c1[nH]c(N)nc1NC. The molecule has 1 amide bonds. The van der Waals surface area contributed by atoms with E-state index in [1.54, 1.807) is 14.1 Å². The van der Waals surface area contributed by atoms with E-state index in [1.165, 1.54) is 0 Å². The third-order valence-electron chi connectivity index (χ3n) is 1.41. The minimum Gasteiger partial charge on any atom is -0.371 e. The number of carbonyl (C=O) groups is 1. The summed E-state index contributed by atoms with van der Waals surface area (Å²) in [4.78, 5) is 17.6. The summed E-state index contributed by atoms with van der Waals surface area (Å²) in [6.07, 6.45) is 0. The first-order valence-corrected chi connectivity index (χ1v) is 3.44. The third kappa shape index (κ3) is 1.31. The molecular formula is C6H11N5O. The lowest BCUT2D eigenvalue weighted by Crippen LogP contribution is -2.19. The first kappa shape index (κ1) is 8.38. The zero-order valence-electron chi connectivity index (χ0n) is 6.93. The van der Waals surface area contributed by atoms with E-state index < -0.39 is 0 Å². The van der Waals surface area contributed by atoms with Crippen LogP contribution in [-0.4, -0.2) is 30.0 Å². The highest BCUT2D eigenvalue weighted by Gasteiger charge is 2.13. The second-order valence-electron chi connectivity index (χ2n) is 2.17. The maximum atomic E-state index is 11.1. The molecule has 0 aromatic carbocycles. The Morgan fingerprint density at radius 2 is 2.25 bits per heavy atom. The van der Waals surface area contributed by atoms with Gasteiger partial charge in [0.05, 0.1) is 0 Å². The van der Waals surface area contributed by atoms with Crippen LogP contribution < -0.4 is 16.4 Å². The minimum atomic E-state index is -0.247. The van der Waals surface area contributed by atoms with E-state index in [1.807, 2.05) is 0 Å². The van der Waals surface area contributed by atoms with E-state index in [4.69, 9.17) is 5.73 Å². The molecule has 0 aliphatic rings. The molecule has 0 spiro atoms. The molecular weight excluding hydrogens is 158 g/mol. The zero-order valence-corrected chi connectivity index (χ0v) is 6.93. The van der Waals surface area contributed by atoms with Crippen molar-refractivity contribution in [2.24, 2.45) is 0 Å². The van der Waals surface area contributed by atoms with Crippen molar-refractivity contribution >= 4 is 17.7 Å². The molecule has 6 nitrogen and oxygen atoms in total. The molecule has 0 unspecified atom stereocenters. The average Bonchev–Trinajstić information content (AvgIpc) is 2.45. The molecule has 0 radical (unpaired) electrons. The second kappa shape index (κ2) is 3.12. The number of hydrogen-bond acceptors (Lipinski definition) is 4. The summed E-state index contributed by atoms with van der Waals surface area (Å²) < 4.78 is 0. The van der Waals surface area contributed by atoms with Crippen LogP contribution in [0, 0.1) is 0 Å². The van der Waals surface area contributed by atoms with Gasteiger partial charge in [0, 0.05) is 14.1 Å². The van der Waals surface area contributed by atoms with Crippen LogP contribution in [0.1, 0.15) is 10.5 Å². The van der Waals surface area contributed by atoms with E-state index in [0.717, 1.165) is 0 Å². The lowest BCUT2D eigenvalue weighted by molar-refractivity contribution is 0.0959. The van der Waals surface area contributed by atoms with E-state index in [9.17, 15) is 4.79 Å². The summed E-state index contributed by atoms with van der Waals surface area (Å²) in [6, 6.07) is 0. The third-order valence-corrected chi connectivity index (χ3v) is 1.41. The number of rotatable bonds is 2. The van der Waals surface area contributed by atoms with Crippen molar-refractivity contribution < 1.29 is 4.79 Å². The van der Waals surface area contributed by atoms with Crippen LogP contribution in [-0.2, 0) is 0 Å². The van der Waals surface area contributed by atoms with Gasteiger partial charge in [0.2, 0.25) is 0 Å². The Kier molecular flexibility index (Phi) is 2.18. The first-order valence-electron chi connectivity index (χ1n) is 3.44. The summed E-state index contributed by atoms with van der Waals surface area (Å²) in [5.74, 6) is 0.424. The predicted molar refractivity (Wildman–Crippen MR) is 45.9 cm³/mol. The fraction of sp³-hybridized carbons (Fsp3) is 0.333. The normalized spacial score (nSPS) is 9.50. The molecule has 0 bridgehead atoms. The summed E-state index contributed by atoms with van der Waals surface area (Å²) in [6.45, 7) is 0. The maximum absolute atomic E-state index is 11.1. The molecule has 1 rings (SSSR count). The van der Waals surface area contributed by atoms with E-state index >= 15 is 0 Å². The topological polar surface area (TPSA) is 95.8 Å². The lowest BCUT2D eigenvalue weighted by Gasteiger charge is -1.98. The van der Waals surface area contributed by atoms with E-state index in [0.29, 0.717) is 11.5 Å². The number of nitrogens with two attached hydrogens (primary N) is 1. The highest BCUT2D eigenvalue weighted by Crippen LogP contribution is 2.11. The van der Waals surface area contributed by atoms with Crippen molar-refractivity contribution in [3.05, 3.63) is 5.69 Å². The van der Waals surface area contributed by atoms with Crippen LogP contribution in [0.2, 0.25) is 0 Å². The van der Waals surface area contributed by atoms with Gasteiger partial charge >= 0.3 is 0 Å². The quantitative estimate of drug-likeness (QED) is 0.475. The molecule has 0 atom stereocenters. The summed E-state index contributed by atoms with van der Waals surface area (Å²) in [5, 5.41) is 5.21. The number of imidazole rings is 1. The molecule has 1 aromatic heterocycles. The number of nitrogen functional groups attached to an aromatic ring is 1. The number of aromatic nitrogens is 2. The molecule has 1 aromatic rings. The minimum absolute atomic E-state index is 0.220. The van der Waals surface area contributed by atoms with Crippen molar-refractivity contribution in [2.45, 2.75) is 0 Å². The Hall–Kier alpha value is -1.72. The summed E-state index contributed by atoms with van der Waals surface area (Å²) >= 11 is 0. The summed E-state index contributed by atoms with van der Waals surface area (Å²) in [5.41, 5.74) is 5.71. The van der Waals surface area contributed by atoms with Gasteiger partial charge in [-0.1, -0.05) is 0 Å². The van der Waals surface area contributed by atoms with Crippen molar-refractivity contribution in [3.8, 4) is 0 Å². The Morgan fingerprint density at radius 1 is 1.58 bits per heavy atom. The smallest absolute Gasteiger partial charge is 0.271 e. The molecule has 0 aliphatic carbocycles. The van der Waals surface area contributed by atoms with Crippen molar-refractivity contribution in [3.63, 3.8) is 0 Å². The Labute approximate surface area is 69.6 Å². The van der Waals surface area contributed by atoms with Crippen molar-refractivity contribution in [1.82, 2.24) is 15.3 Å². The molecule has 0 saturated carbocycles. The first-order chi connectivity index (χ1) is 5.69. The van der Waals surface area contributed by atoms with Crippen LogP contribution in [0.3, 0.4) is 0 Å². The Balaban J connectivity index is 3.04. The molecule has 1 heterocycles.